The smallest absolute Gasteiger partial charge is 0.149 e. The summed E-state index contributed by atoms with van der Waals surface area (Å²) in [6, 6.07) is 3.49. The first-order valence-electron chi connectivity index (χ1n) is 4.19. The molecule has 2 nitrogen and oxygen atoms in total. The Bertz CT molecular complexity index is 471. The Morgan fingerprint density at radius 3 is 2.69 bits per heavy atom. The molecule has 0 radical (unpaired) electrons. The van der Waals surface area contributed by atoms with Crippen LogP contribution in [-0.4, -0.2) is 9.78 Å². The molecule has 68 valence electrons. The van der Waals surface area contributed by atoms with Gasteiger partial charge in [-0.05, 0) is 31.5 Å². The van der Waals surface area contributed by atoms with Gasteiger partial charge in [-0.2, -0.15) is 5.10 Å². The largest absolute Gasteiger partial charge is 0.265 e. The SMILES string of the molecule is Cc1cc(F)c2c(c1)c(C)nn2C. The van der Waals surface area contributed by atoms with Gasteiger partial charge in [0.15, 0.2) is 0 Å². The molecule has 0 fully saturated rings. The standard InChI is InChI=1S/C10H11FN2/c1-6-4-8-7(2)12-13(3)10(8)9(11)5-6/h4-5H,1-3H3. The van der Waals surface area contributed by atoms with E-state index in [4.69, 9.17) is 0 Å². The second-order valence-corrected chi connectivity index (χ2v) is 3.35. The average molecular weight is 178 g/mol. The van der Waals surface area contributed by atoms with Crippen LogP contribution in [0.3, 0.4) is 0 Å². The maximum Gasteiger partial charge on any atom is 0.149 e. The van der Waals surface area contributed by atoms with E-state index in [0.29, 0.717) is 5.52 Å². The molecule has 0 spiro atoms. The predicted molar refractivity (Wildman–Crippen MR) is 50.1 cm³/mol. The zero-order valence-electron chi connectivity index (χ0n) is 7.93. The van der Waals surface area contributed by atoms with Gasteiger partial charge < -0.3 is 0 Å². The summed E-state index contributed by atoms with van der Waals surface area (Å²) in [5.74, 6) is -0.196. The van der Waals surface area contributed by atoms with E-state index in [1.807, 2.05) is 19.9 Å². The highest BCUT2D eigenvalue weighted by molar-refractivity contribution is 5.83. The van der Waals surface area contributed by atoms with E-state index < -0.39 is 0 Å². The lowest BCUT2D eigenvalue weighted by atomic mass is 10.1. The second-order valence-electron chi connectivity index (χ2n) is 3.35. The van der Waals surface area contributed by atoms with Crippen LogP contribution in [-0.2, 0) is 7.05 Å². The molecule has 2 aromatic rings. The highest BCUT2D eigenvalue weighted by atomic mass is 19.1. The highest BCUT2D eigenvalue weighted by Gasteiger charge is 2.09. The Morgan fingerprint density at radius 2 is 2.00 bits per heavy atom. The van der Waals surface area contributed by atoms with Crippen LogP contribution in [0.1, 0.15) is 11.3 Å². The third-order valence-electron chi connectivity index (χ3n) is 2.22. The van der Waals surface area contributed by atoms with Crippen LogP contribution in [0.5, 0.6) is 0 Å². The predicted octanol–water partition coefficient (Wildman–Crippen LogP) is 2.33. The molecule has 0 aliphatic heterocycles. The van der Waals surface area contributed by atoms with Gasteiger partial charge in [-0.3, -0.25) is 4.68 Å². The van der Waals surface area contributed by atoms with Gasteiger partial charge in [0, 0.05) is 12.4 Å². The van der Waals surface area contributed by atoms with Crippen molar-refractivity contribution < 1.29 is 4.39 Å². The van der Waals surface area contributed by atoms with Gasteiger partial charge in [-0.15, -0.1) is 0 Å². The fourth-order valence-electron chi connectivity index (χ4n) is 1.67. The molecule has 0 saturated carbocycles. The van der Waals surface area contributed by atoms with Gasteiger partial charge in [0.1, 0.15) is 11.3 Å². The van der Waals surface area contributed by atoms with Gasteiger partial charge in [0.25, 0.3) is 0 Å². The minimum absolute atomic E-state index is 0.196. The fraction of sp³-hybridized carbons (Fsp3) is 0.300. The molecule has 1 aromatic heterocycles. The number of benzene rings is 1. The Labute approximate surface area is 76.0 Å². The van der Waals surface area contributed by atoms with Crippen molar-refractivity contribution in [1.82, 2.24) is 9.78 Å². The molecule has 0 bridgehead atoms. The summed E-state index contributed by atoms with van der Waals surface area (Å²) >= 11 is 0. The van der Waals surface area contributed by atoms with E-state index in [9.17, 15) is 4.39 Å². The van der Waals surface area contributed by atoms with Crippen LogP contribution < -0.4 is 0 Å². The van der Waals surface area contributed by atoms with Gasteiger partial charge in [-0.1, -0.05) is 0 Å². The number of aromatic nitrogens is 2. The molecule has 2 rings (SSSR count). The Hall–Kier alpha value is -1.38. The maximum atomic E-state index is 13.5. The van der Waals surface area contributed by atoms with E-state index in [1.54, 1.807) is 11.7 Å². The van der Waals surface area contributed by atoms with Crippen molar-refractivity contribution in [2.75, 3.05) is 0 Å². The number of aryl methyl sites for hydroxylation is 3. The minimum atomic E-state index is -0.196. The third-order valence-corrected chi connectivity index (χ3v) is 2.22. The van der Waals surface area contributed by atoms with Gasteiger partial charge in [-0.25, -0.2) is 4.39 Å². The van der Waals surface area contributed by atoms with Gasteiger partial charge in [0.2, 0.25) is 0 Å². The zero-order valence-corrected chi connectivity index (χ0v) is 7.93. The molecule has 0 aliphatic carbocycles. The molecule has 1 aromatic carbocycles. The minimum Gasteiger partial charge on any atom is -0.265 e. The van der Waals surface area contributed by atoms with Crippen molar-refractivity contribution in [3.8, 4) is 0 Å². The number of fused-ring (bicyclic) bond motifs is 1. The molecule has 3 heteroatoms. The zero-order chi connectivity index (χ0) is 9.59. The average Bonchev–Trinajstić information content (AvgIpc) is 2.27. The Kier molecular flexibility index (Phi) is 1.62. The third kappa shape index (κ3) is 1.11. The van der Waals surface area contributed by atoms with Crippen LogP contribution in [0.2, 0.25) is 0 Å². The van der Waals surface area contributed by atoms with Crippen molar-refractivity contribution in [2.45, 2.75) is 13.8 Å². The quantitative estimate of drug-likeness (QED) is 0.605. The molecule has 0 N–H and O–H groups in total. The summed E-state index contributed by atoms with van der Waals surface area (Å²) in [5, 5.41) is 5.07. The molecule has 0 saturated heterocycles. The molecular weight excluding hydrogens is 167 g/mol. The van der Waals surface area contributed by atoms with Crippen molar-refractivity contribution in [3.63, 3.8) is 0 Å². The lowest BCUT2D eigenvalue weighted by Gasteiger charge is -1.97. The summed E-state index contributed by atoms with van der Waals surface area (Å²) < 4.78 is 15.0. The molecule has 1 heterocycles. The lowest BCUT2D eigenvalue weighted by molar-refractivity contribution is 0.624. The summed E-state index contributed by atoms with van der Waals surface area (Å²) in [7, 11) is 1.76. The monoisotopic (exact) mass is 178 g/mol. The van der Waals surface area contributed by atoms with E-state index >= 15 is 0 Å². The van der Waals surface area contributed by atoms with E-state index in [1.165, 1.54) is 6.07 Å². The normalized spacial score (nSPS) is 11.1. The first kappa shape index (κ1) is 8.23. The van der Waals surface area contributed by atoms with Crippen LogP contribution in [0.15, 0.2) is 12.1 Å². The summed E-state index contributed by atoms with van der Waals surface area (Å²) in [6.45, 7) is 3.77. The number of nitrogens with zero attached hydrogens (tertiary/aromatic N) is 2. The Balaban J connectivity index is 2.97. The molecule has 0 unspecified atom stereocenters. The topological polar surface area (TPSA) is 17.8 Å². The number of halogens is 1. The lowest BCUT2D eigenvalue weighted by Crippen LogP contribution is -1.92. The summed E-state index contributed by atoms with van der Waals surface area (Å²) in [6.07, 6.45) is 0. The van der Waals surface area contributed by atoms with E-state index in [2.05, 4.69) is 5.10 Å². The number of rotatable bonds is 0. The van der Waals surface area contributed by atoms with Crippen molar-refractivity contribution in [3.05, 3.63) is 29.2 Å². The molecule has 0 amide bonds. The van der Waals surface area contributed by atoms with Crippen LogP contribution in [0, 0.1) is 19.7 Å². The van der Waals surface area contributed by atoms with Gasteiger partial charge >= 0.3 is 0 Å². The van der Waals surface area contributed by atoms with Crippen LogP contribution in [0.4, 0.5) is 4.39 Å². The van der Waals surface area contributed by atoms with Crippen LogP contribution in [0.25, 0.3) is 10.9 Å². The van der Waals surface area contributed by atoms with E-state index in [0.717, 1.165) is 16.6 Å². The second kappa shape index (κ2) is 2.55. The first-order chi connectivity index (χ1) is 6.09. The van der Waals surface area contributed by atoms with Gasteiger partial charge in [0.05, 0.1) is 5.69 Å². The molecule has 13 heavy (non-hydrogen) atoms. The summed E-state index contributed by atoms with van der Waals surface area (Å²) in [4.78, 5) is 0. The number of hydrogen-bond donors (Lipinski definition) is 0. The van der Waals surface area contributed by atoms with Crippen molar-refractivity contribution >= 4 is 10.9 Å². The first-order valence-corrected chi connectivity index (χ1v) is 4.19. The highest BCUT2D eigenvalue weighted by Crippen LogP contribution is 2.21. The van der Waals surface area contributed by atoms with Crippen molar-refractivity contribution in [1.29, 1.82) is 0 Å². The maximum absolute atomic E-state index is 13.5. The molecule has 0 atom stereocenters. The molecular formula is C10H11FN2. The Morgan fingerprint density at radius 1 is 1.31 bits per heavy atom. The van der Waals surface area contributed by atoms with Crippen molar-refractivity contribution in [2.24, 2.45) is 7.05 Å². The summed E-state index contributed by atoms with van der Waals surface area (Å²) in [5.41, 5.74) is 2.39. The number of hydrogen-bond acceptors (Lipinski definition) is 1. The fourth-order valence-corrected chi connectivity index (χ4v) is 1.67. The van der Waals surface area contributed by atoms with E-state index in [-0.39, 0.29) is 5.82 Å². The van der Waals surface area contributed by atoms with Crippen LogP contribution >= 0.6 is 0 Å². The molecule has 0 aliphatic rings.